The van der Waals surface area contributed by atoms with E-state index in [1.54, 1.807) is 6.92 Å². The van der Waals surface area contributed by atoms with E-state index < -0.39 is 11.4 Å². The highest BCUT2D eigenvalue weighted by atomic mass is 16.5. The second-order valence-corrected chi connectivity index (χ2v) is 16.8. The molecular weight excluding hydrogens is 556 g/mol. The Balaban J connectivity index is 1.44. The molecule has 0 aromatic carbocycles. The van der Waals surface area contributed by atoms with Crippen LogP contribution in [-0.4, -0.2) is 50.1 Å². The van der Waals surface area contributed by atoms with Crippen LogP contribution in [-0.2, 0) is 23.9 Å². The van der Waals surface area contributed by atoms with Crippen LogP contribution >= 0.6 is 0 Å². The number of methoxy groups -OCH3 is 1. The van der Waals surface area contributed by atoms with E-state index in [1.165, 1.54) is 12.7 Å². The highest BCUT2D eigenvalue weighted by Gasteiger charge is 2.70. The van der Waals surface area contributed by atoms with E-state index in [0.29, 0.717) is 0 Å². The normalized spacial score (nSPS) is 44.0. The third kappa shape index (κ3) is 4.74. The fourth-order valence-electron chi connectivity index (χ4n) is 11.5. The molecule has 9 atom stereocenters. The number of ketones is 1. The summed E-state index contributed by atoms with van der Waals surface area (Å²) in [6.07, 6.45) is 10.4. The molecule has 4 saturated carbocycles. The number of allylic oxidation sites excluding steroid dienone is 2. The molecule has 5 aliphatic carbocycles. The fourth-order valence-corrected chi connectivity index (χ4v) is 11.5. The van der Waals surface area contributed by atoms with Gasteiger partial charge in [-0.05, 0) is 117 Å². The van der Waals surface area contributed by atoms with Gasteiger partial charge in [0.1, 0.15) is 6.54 Å². The van der Waals surface area contributed by atoms with E-state index in [4.69, 9.17) is 9.47 Å². The van der Waals surface area contributed by atoms with Crippen LogP contribution in [0.1, 0.15) is 113 Å². The molecular formula is C36H56N2O6. The Morgan fingerprint density at radius 2 is 1.61 bits per heavy atom. The lowest BCUT2D eigenvalue weighted by molar-refractivity contribution is -0.189. The molecule has 0 radical (unpaired) electrons. The number of rotatable bonds is 5. The molecule has 2 N–H and O–H groups in total. The third-order valence-corrected chi connectivity index (χ3v) is 14.3. The predicted octanol–water partition coefficient (Wildman–Crippen LogP) is 6.37. The van der Waals surface area contributed by atoms with Crippen LogP contribution in [0, 0.1) is 50.2 Å². The minimum atomic E-state index is -0.527. The maximum Gasteiger partial charge on any atom is 0.325 e. The van der Waals surface area contributed by atoms with Crippen molar-refractivity contribution >= 4 is 23.8 Å². The van der Waals surface area contributed by atoms with Crippen LogP contribution in [0.4, 0.5) is 4.79 Å². The van der Waals surface area contributed by atoms with E-state index in [-0.39, 0.29) is 81.8 Å². The number of hydrogen-bond acceptors (Lipinski definition) is 6. The predicted molar refractivity (Wildman–Crippen MR) is 168 cm³/mol. The topological polar surface area (TPSA) is 111 Å². The first-order valence-electron chi connectivity index (χ1n) is 17.0. The van der Waals surface area contributed by atoms with Crippen LogP contribution in [0.2, 0.25) is 0 Å². The summed E-state index contributed by atoms with van der Waals surface area (Å²) in [7, 11) is 1.49. The summed E-state index contributed by atoms with van der Waals surface area (Å²) < 4.78 is 10.2. The number of carbonyl (C=O) groups is 4. The molecule has 4 fully saturated rings. The number of esters is 2. The molecule has 0 aromatic heterocycles. The highest BCUT2D eigenvalue weighted by Crippen LogP contribution is 2.75. The second kappa shape index (κ2) is 10.9. The standard InChI is InChI=1S/C36H56N2O6/c1-10-44-27(40)21-37-30(42)38-26-12-13-34(6)25(31(26,2)3)11-14-36(8)28(34)24(39)19-22-23-20-33(5,29(41)43-9)16-15-32(23,4)17-18-35(22,36)7/h19,23,25-26,28H,10-18,20-21H2,1-9H3,(H2,37,38,42)/t23?,25-,26?,28+,32+,33-,34-,35+,36+/m0/s1. The summed E-state index contributed by atoms with van der Waals surface area (Å²) in [6, 6.07) is -0.424. The summed E-state index contributed by atoms with van der Waals surface area (Å²) in [6.45, 7) is 18.0. The maximum atomic E-state index is 14.6. The van der Waals surface area contributed by atoms with E-state index in [1.807, 2.05) is 6.08 Å². The minimum Gasteiger partial charge on any atom is -0.469 e. The molecule has 8 nitrogen and oxygen atoms in total. The Labute approximate surface area is 264 Å². The molecule has 0 spiro atoms. The Morgan fingerprint density at radius 1 is 0.932 bits per heavy atom. The first-order valence-corrected chi connectivity index (χ1v) is 17.0. The third-order valence-electron chi connectivity index (χ3n) is 14.3. The van der Waals surface area contributed by atoms with Crippen molar-refractivity contribution in [3.63, 3.8) is 0 Å². The highest BCUT2D eigenvalue weighted by molar-refractivity contribution is 5.95. The van der Waals surface area contributed by atoms with Gasteiger partial charge in [-0.2, -0.15) is 0 Å². The Hall–Kier alpha value is -2.38. The SMILES string of the molecule is CCOC(=O)CNC(=O)NC1CC[C@]2(C)[C@H]3C(=O)C=C4C5C[C@@](C)(C(=O)OC)CC[C@]5(C)CC[C@@]4(C)[C@]3(C)CC[C@H]2C1(C)C. The zero-order valence-corrected chi connectivity index (χ0v) is 28.6. The first kappa shape index (κ1) is 33.0. The van der Waals surface area contributed by atoms with Gasteiger partial charge in [0, 0.05) is 12.0 Å². The molecule has 0 heterocycles. The summed E-state index contributed by atoms with van der Waals surface area (Å²) >= 11 is 0. The molecule has 0 aromatic rings. The van der Waals surface area contributed by atoms with Crippen LogP contribution in [0.15, 0.2) is 11.6 Å². The van der Waals surface area contributed by atoms with Crippen molar-refractivity contribution in [3.05, 3.63) is 11.6 Å². The molecule has 44 heavy (non-hydrogen) atoms. The van der Waals surface area contributed by atoms with E-state index >= 15 is 0 Å². The minimum absolute atomic E-state index is 0.0684. The van der Waals surface area contributed by atoms with E-state index in [0.717, 1.165) is 57.8 Å². The molecule has 8 heteroatoms. The summed E-state index contributed by atoms with van der Waals surface area (Å²) in [5.74, 6) is 0.0274. The Kier molecular flexibility index (Phi) is 8.15. The first-order chi connectivity index (χ1) is 20.4. The molecule has 246 valence electrons. The Morgan fingerprint density at radius 3 is 2.27 bits per heavy atom. The van der Waals surface area contributed by atoms with Crippen molar-refractivity contribution in [1.29, 1.82) is 0 Å². The van der Waals surface area contributed by atoms with Gasteiger partial charge in [-0.1, -0.05) is 47.1 Å². The van der Waals surface area contributed by atoms with Gasteiger partial charge >= 0.3 is 18.0 Å². The lowest BCUT2D eigenvalue weighted by Crippen LogP contribution is -2.68. The molecule has 0 bridgehead atoms. The van der Waals surface area contributed by atoms with Gasteiger partial charge in [0.25, 0.3) is 0 Å². The van der Waals surface area contributed by atoms with Crippen molar-refractivity contribution in [3.8, 4) is 0 Å². The van der Waals surface area contributed by atoms with Crippen LogP contribution in [0.5, 0.6) is 0 Å². The van der Waals surface area contributed by atoms with Gasteiger partial charge < -0.3 is 20.1 Å². The van der Waals surface area contributed by atoms with Gasteiger partial charge in [0.15, 0.2) is 5.78 Å². The monoisotopic (exact) mass is 612 g/mol. The number of amides is 2. The molecule has 0 aliphatic heterocycles. The quantitative estimate of drug-likeness (QED) is 0.349. The van der Waals surface area contributed by atoms with Crippen molar-refractivity contribution in [2.45, 2.75) is 119 Å². The lowest BCUT2D eigenvalue weighted by atomic mass is 9.33. The molecule has 2 amide bonds. The van der Waals surface area contributed by atoms with Crippen LogP contribution < -0.4 is 10.6 Å². The van der Waals surface area contributed by atoms with Gasteiger partial charge in [0.05, 0.1) is 19.1 Å². The van der Waals surface area contributed by atoms with E-state index in [9.17, 15) is 19.2 Å². The lowest BCUT2D eigenvalue weighted by Gasteiger charge is -2.70. The number of hydrogen-bond donors (Lipinski definition) is 2. The van der Waals surface area contributed by atoms with Crippen LogP contribution in [0.25, 0.3) is 0 Å². The maximum absolute atomic E-state index is 14.6. The summed E-state index contributed by atoms with van der Waals surface area (Å²) in [5.41, 5.74) is 0.102. The van der Waals surface area contributed by atoms with Crippen molar-refractivity contribution in [1.82, 2.24) is 10.6 Å². The van der Waals surface area contributed by atoms with Gasteiger partial charge in [-0.3, -0.25) is 14.4 Å². The Bertz CT molecular complexity index is 1260. The van der Waals surface area contributed by atoms with Crippen molar-refractivity contribution < 1.29 is 28.7 Å². The fraction of sp³-hybridized carbons (Fsp3) is 0.833. The number of carbonyl (C=O) groups excluding carboxylic acids is 4. The van der Waals surface area contributed by atoms with Gasteiger partial charge in [-0.15, -0.1) is 0 Å². The largest absolute Gasteiger partial charge is 0.469 e. The number of fused-ring (bicyclic) bond motifs is 7. The molecule has 2 unspecified atom stereocenters. The molecule has 5 aliphatic rings. The smallest absolute Gasteiger partial charge is 0.325 e. The van der Waals surface area contributed by atoms with E-state index in [2.05, 4.69) is 59.1 Å². The number of urea groups is 1. The second-order valence-electron chi connectivity index (χ2n) is 16.8. The zero-order chi connectivity index (χ0) is 32.5. The number of nitrogens with one attached hydrogen (secondary N) is 2. The molecule has 5 rings (SSSR count). The van der Waals surface area contributed by atoms with Gasteiger partial charge in [0.2, 0.25) is 0 Å². The summed E-state index contributed by atoms with van der Waals surface area (Å²) in [4.78, 5) is 52.1. The summed E-state index contributed by atoms with van der Waals surface area (Å²) in [5, 5.41) is 5.82. The van der Waals surface area contributed by atoms with Crippen molar-refractivity contribution in [2.75, 3.05) is 20.3 Å². The number of ether oxygens (including phenoxy) is 2. The van der Waals surface area contributed by atoms with Crippen LogP contribution in [0.3, 0.4) is 0 Å². The molecule has 0 saturated heterocycles. The van der Waals surface area contributed by atoms with Crippen molar-refractivity contribution in [2.24, 2.45) is 50.2 Å². The average Bonchev–Trinajstić information content (AvgIpc) is 2.95. The average molecular weight is 613 g/mol. The van der Waals surface area contributed by atoms with Gasteiger partial charge in [-0.25, -0.2) is 4.79 Å². The zero-order valence-electron chi connectivity index (χ0n) is 28.6.